The number of hydrogen-bond donors (Lipinski definition) is 2. The van der Waals surface area contributed by atoms with E-state index in [0.717, 1.165) is 4.47 Å². The number of fused-ring (bicyclic) bond motifs is 1. The van der Waals surface area contributed by atoms with Crippen LogP contribution in [0.1, 0.15) is 24.1 Å². The Bertz CT molecular complexity index is 637. The van der Waals surface area contributed by atoms with E-state index < -0.39 is 0 Å². The zero-order chi connectivity index (χ0) is 11.8. The van der Waals surface area contributed by atoms with E-state index in [1.165, 1.54) is 22.2 Å². The van der Waals surface area contributed by atoms with Crippen molar-refractivity contribution in [3.05, 3.63) is 58.5 Å². The summed E-state index contributed by atoms with van der Waals surface area (Å²) in [7, 11) is 0. The molecule has 2 nitrogen and oxygen atoms in total. The number of aromatic nitrogens is 2. The topological polar surface area (TPSA) is 31.6 Å². The van der Waals surface area contributed by atoms with Gasteiger partial charge >= 0.3 is 0 Å². The van der Waals surface area contributed by atoms with Crippen LogP contribution in [0.4, 0.5) is 0 Å². The summed E-state index contributed by atoms with van der Waals surface area (Å²) in [4.78, 5) is 6.60. The summed E-state index contributed by atoms with van der Waals surface area (Å²) in [5.74, 6) is 0.369. The van der Waals surface area contributed by atoms with Crippen molar-refractivity contribution in [1.29, 1.82) is 0 Å². The van der Waals surface area contributed by atoms with Gasteiger partial charge in [0.25, 0.3) is 0 Å². The number of nitrogens with one attached hydrogen (secondary N) is 2. The van der Waals surface area contributed by atoms with Crippen LogP contribution in [0.15, 0.2) is 47.2 Å². The first-order valence-corrected chi connectivity index (χ1v) is 6.45. The Morgan fingerprint density at radius 1 is 1.18 bits per heavy atom. The summed E-state index contributed by atoms with van der Waals surface area (Å²) in [6, 6.07) is 10.5. The first-order valence-electron chi connectivity index (χ1n) is 5.65. The van der Waals surface area contributed by atoms with Gasteiger partial charge in [0.2, 0.25) is 0 Å². The highest BCUT2D eigenvalue weighted by Crippen LogP contribution is 2.31. The summed E-state index contributed by atoms with van der Waals surface area (Å²) in [5, 5.41) is 1.28. The third-order valence-corrected chi connectivity index (χ3v) is 3.72. The summed E-state index contributed by atoms with van der Waals surface area (Å²) >= 11 is 3.53. The first kappa shape index (κ1) is 10.7. The maximum atomic E-state index is 3.53. The number of H-pyrrole nitrogens is 2. The highest BCUT2D eigenvalue weighted by Gasteiger charge is 2.13. The third-order valence-electron chi connectivity index (χ3n) is 3.23. The molecule has 0 bridgehead atoms. The average Bonchev–Trinajstić information content (AvgIpc) is 2.97. The molecular formula is C14H13BrN2. The Morgan fingerprint density at radius 2 is 2.06 bits per heavy atom. The largest absolute Gasteiger partial charge is 0.364 e. The normalized spacial score (nSPS) is 13.1. The molecule has 86 valence electrons. The van der Waals surface area contributed by atoms with Crippen LogP contribution in [-0.4, -0.2) is 9.97 Å². The Labute approximate surface area is 108 Å². The molecule has 1 atom stereocenters. The smallest absolute Gasteiger partial charge is 0.0457 e. The lowest BCUT2D eigenvalue weighted by molar-refractivity contribution is 0.892. The Morgan fingerprint density at radius 3 is 2.82 bits per heavy atom. The quantitative estimate of drug-likeness (QED) is 0.700. The zero-order valence-electron chi connectivity index (χ0n) is 9.50. The van der Waals surface area contributed by atoms with Crippen LogP contribution >= 0.6 is 15.9 Å². The van der Waals surface area contributed by atoms with Gasteiger partial charge in [-0.2, -0.15) is 0 Å². The molecule has 1 unspecified atom stereocenters. The second-order valence-electron chi connectivity index (χ2n) is 4.28. The number of rotatable bonds is 2. The molecule has 0 aliphatic carbocycles. The molecule has 3 aromatic rings. The van der Waals surface area contributed by atoms with E-state index >= 15 is 0 Å². The van der Waals surface area contributed by atoms with Gasteiger partial charge in [0.1, 0.15) is 0 Å². The SMILES string of the molecule is CC(c1ccc[nH]1)c1c[nH]c2ccc(Br)cc12. The molecule has 2 N–H and O–H groups in total. The van der Waals surface area contributed by atoms with E-state index in [9.17, 15) is 0 Å². The number of benzene rings is 1. The minimum Gasteiger partial charge on any atom is -0.364 e. The van der Waals surface area contributed by atoms with Crippen LogP contribution in [0, 0.1) is 0 Å². The van der Waals surface area contributed by atoms with Gasteiger partial charge in [-0.3, -0.25) is 0 Å². The second kappa shape index (κ2) is 4.08. The predicted octanol–water partition coefficient (Wildman–Crippen LogP) is 4.41. The Balaban J connectivity index is 2.14. The lowest BCUT2D eigenvalue weighted by Gasteiger charge is -2.08. The van der Waals surface area contributed by atoms with Gasteiger partial charge in [0.15, 0.2) is 0 Å². The van der Waals surface area contributed by atoms with Gasteiger partial charge in [-0.05, 0) is 35.9 Å². The van der Waals surface area contributed by atoms with E-state index in [4.69, 9.17) is 0 Å². The Hall–Kier alpha value is -1.48. The van der Waals surface area contributed by atoms with Crippen LogP contribution in [0.5, 0.6) is 0 Å². The van der Waals surface area contributed by atoms with E-state index in [2.05, 4.69) is 63.3 Å². The lowest BCUT2D eigenvalue weighted by atomic mass is 9.97. The summed E-state index contributed by atoms with van der Waals surface area (Å²) in [5.41, 5.74) is 3.75. The Kier molecular flexibility index (Phi) is 2.56. The average molecular weight is 289 g/mol. The number of halogens is 1. The van der Waals surface area contributed by atoms with Crippen molar-refractivity contribution in [2.45, 2.75) is 12.8 Å². The fourth-order valence-corrected chi connectivity index (χ4v) is 2.61. The van der Waals surface area contributed by atoms with Gasteiger partial charge in [0, 0.05) is 39.4 Å². The molecule has 0 spiro atoms. The van der Waals surface area contributed by atoms with Crippen molar-refractivity contribution in [3.63, 3.8) is 0 Å². The third kappa shape index (κ3) is 1.80. The summed E-state index contributed by atoms with van der Waals surface area (Å²) in [6.45, 7) is 2.22. The van der Waals surface area contributed by atoms with Crippen molar-refractivity contribution < 1.29 is 0 Å². The molecule has 17 heavy (non-hydrogen) atoms. The van der Waals surface area contributed by atoms with Gasteiger partial charge in [-0.25, -0.2) is 0 Å². The molecule has 2 heterocycles. The minimum atomic E-state index is 0.369. The number of aromatic amines is 2. The standard InChI is InChI=1S/C14H13BrN2/c1-9(13-3-2-6-16-13)12-8-17-14-5-4-10(15)7-11(12)14/h2-9,16-17H,1H3. The maximum Gasteiger partial charge on any atom is 0.0457 e. The van der Waals surface area contributed by atoms with Crippen molar-refractivity contribution in [2.75, 3.05) is 0 Å². The molecule has 0 aliphatic rings. The van der Waals surface area contributed by atoms with Crippen LogP contribution in [0.25, 0.3) is 10.9 Å². The van der Waals surface area contributed by atoms with Gasteiger partial charge in [-0.15, -0.1) is 0 Å². The molecule has 0 fully saturated rings. The summed E-state index contributed by atoms with van der Waals surface area (Å²) in [6.07, 6.45) is 4.07. The van der Waals surface area contributed by atoms with E-state index in [1.54, 1.807) is 0 Å². The monoisotopic (exact) mass is 288 g/mol. The van der Waals surface area contributed by atoms with Crippen molar-refractivity contribution in [3.8, 4) is 0 Å². The molecular weight excluding hydrogens is 276 g/mol. The highest BCUT2D eigenvalue weighted by atomic mass is 79.9. The number of hydrogen-bond acceptors (Lipinski definition) is 0. The van der Waals surface area contributed by atoms with Gasteiger partial charge < -0.3 is 9.97 Å². The van der Waals surface area contributed by atoms with Crippen LogP contribution in [-0.2, 0) is 0 Å². The minimum absolute atomic E-state index is 0.369. The zero-order valence-corrected chi connectivity index (χ0v) is 11.1. The fraction of sp³-hybridized carbons (Fsp3) is 0.143. The summed E-state index contributed by atoms with van der Waals surface area (Å²) < 4.78 is 1.12. The predicted molar refractivity (Wildman–Crippen MR) is 74.3 cm³/mol. The van der Waals surface area contributed by atoms with E-state index in [0.29, 0.717) is 5.92 Å². The highest BCUT2D eigenvalue weighted by molar-refractivity contribution is 9.10. The van der Waals surface area contributed by atoms with Crippen molar-refractivity contribution in [1.82, 2.24) is 9.97 Å². The van der Waals surface area contributed by atoms with E-state index in [1.807, 2.05) is 12.3 Å². The van der Waals surface area contributed by atoms with Crippen LogP contribution in [0.3, 0.4) is 0 Å². The molecule has 0 aliphatic heterocycles. The molecule has 3 rings (SSSR count). The van der Waals surface area contributed by atoms with Crippen molar-refractivity contribution >= 4 is 26.8 Å². The van der Waals surface area contributed by atoms with Crippen LogP contribution in [0.2, 0.25) is 0 Å². The fourth-order valence-electron chi connectivity index (χ4n) is 2.25. The molecule has 0 saturated carbocycles. The first-order chi connectivity index (χ1) is 8.25. The molecule has 0 saturated heterocycles. The molecule has 3 heteroatoms. The molecule has 2 aromatic heterocycles. The maximum absolute atomic E-state index is 3.53. The van der Waals surface area contributed by atoms with Gasteiger partial charge in [-0.1, -0.05) is 22.9 Å². The van der Waals surface area contributed by atoms with Crippen molar-refractivity contribution in [2.24, 2.45) is 0 Å². The molecule has 1 aromatic carbocycles. The van der Waals surface area contributed by atoms with E-state index in [-0.39, 0.29) is 0 Å². The molecule has 0 radical (unpaired) electrons. The second-order valence-corrected chi connectivity index (χ2v) is 5.20. The molecule has 0 amide bonds. The van der Waals surface area contributed by atoms with Gasteiger partial charge in [0.05, 0.1) is 0 Å². The van der Waals surface area contributed by atoms with Crippen LogP contribution < -0.4 is 0 Å². The lowest BCUT2D eigenvalue weighted by Crippen LogP contribution is -1.94.